The van der Waals surface area contributed by atoms with Crippen molar-refractivity contribution in [2.45, 2.75) is 25.6 Å². The Balaban J connectivity index is 2.23. The van der Waals surface area contributed by atoms with Crippen molar-refractivity contribution in [3.63, 3.8) is 0 Å². The van der Waals surface area contributed by atoms with Gasteiger partial charge in [-0.2, -0.15) is 13.2 Å². The highest BCUT2D eigenvalue weighted by Crippen LogP contribution is 2.34. The summed E-state index contributed by atoms with van der Waals surface area (Å²) in [6, 6.07) is 4.73. The third kappa shape index (κ3) is 3.97. The van der Waals surface area contributed by atoms with E-state index in [1.54, 1.807) is 0 Å². The Morgan fingerprint density at radius 3 is 2.33 bits per heavy atom. The molecule has 21 heavy (non-hydrogen) atoms. The minimum Gasteiger partial charge on any atom is -0.310 e. The molecule has 0 aliphatic carbocycles. The third-order valence-electron chi connectivity index (χ3n) is 3.76. The van der Waals surface area contributed by atoms with Gasteiger partial charge < -0.3 is 5.32 Å². The fraction of sp³-hybridized carbons (Fsp3) is 0.571. The highest BCUT2D eigenvalue weighted by atomic mass is 32.2. The molecule has 0 saturated carbocycles. The van der Waals surface area contributed by atoms with Gasteiger partial charge in [-0.3, -0.25) is 0 Å². The summed E-state index contributed by atoms with van der Waals surface area (Å²) in [7, 11) is -3.02. The quantitative estimate of drug-likeness (QED) is 0.927. The van der Waals surface area contributed by atoms with E-state index < -0.39 is 21.6 Å². The molecule has 0 spiro atoms. The van der Waals surface area contributed by atoms with Crippen LogP contribution in [0.3, 0.4) is 0 Å². The van der Waals surface area contributed by atoms with E-state index in [4.69, 9.17) is 0 Å². The van der Waals surface area contributed by atoms with Crippen LogP contribution in [0.5, 0.6) is 0 Å². The summed E-state index contributed by atoms with van der Waals surface area (Å²) in [6.07, 6.45) is -3.82. The van der Waals surface area contributed by atoms with Gasteiger partial charge in [0.05, 0.1) is 17.1 Å². The van der Waals surface area contributed by atoms with Crippen LogP contribution in [-0.4, -0.2) is 26.5 Å². The maximum absolute atomic E-state index is 12.6. The largest absolute Gasteiger partial charge is 0.416 e. The summed E-state index contributed by atoms with van der Waals surface area (Å²) in [6.45, 7) is 2.52. The second-order valence-electron chi connectivity index (χ2n) is 5.32. The molecule has 1 aliphatic rings. The molecule has 1 fully saturated rings. The van der Waals surface area contributed by atoms with Crippen molar-refractivity contribution in [3.05, 3.63) is 35.4 Å². The lowest BCUT2D eigenvalue weighted by atomic mass is 9.92. The van der Waals surface area contributed by atoms with E-state index in [0.717, 1.165) is 12.1 Å². The van der Waals surface area contributed by atoms with Gasteiger partial charge in [-0.25, -0.2) is 8.42 Å². The zero-order valence-electron chi connectivity index (χ0n) is 11.7. The predicted molar refractivity (Wildman–Crippen MR) is 74.6 cm³/mol. The van der Waals surface area contributed by atoms with Gasteiger partial charge in [0.15, 0.2) is 9.84 Å². The maximum Gasteiger partial charge on any atom is 0.416 e. The molecule has 1 aromatic carbocycles. The van der Waals surface area contributed by atoms with Gasteiger partial charge in [-0.05, 0) is 36.6 Å². The first-order chi connectivity index (χ1) is 9.73. The van der Waals surface area contributed by atoms with Crippen LogP contribution in [0.1, 0.15) is 30.5 Å². The number of nitrogens with one attached hydrogen (secondary N) is 1. The summed E-state index contributed by atoms with van der Waals surface area (Å²) < 4.78 is 60.9. The van der Waals surface area contributed by atoms with Crippen LogP contribution < -0.4 is 5.32 Å². The second-order valence-corrected chi connectivity index (χ2v) is 7.55. The summed E-state index contributed by atoms with van der Waals surface area (Å²) in [5.41, 5.74) is 0.00694. The van der Waals surface area contributed by atoms with E-state index in [-0.39, 0.29) is 23.5 Å². The molecule has 1 aliphatic heterocycles. The molecule has 0 bridgehead atoms. The average molecular weight is 321 g/mol. The lowest BCUT2D eigenvalue weighted by Crippen LogP contribution is -2.29. The first kappa shape index (κ1) is 16.3. The van der Waals surface area contributed by atoms with E-state index in [9.17, 15) is 21.6 Å². The normalized spacial score (nSPS) is 23.1. The number of benzene rings is 1. The van der Waals surface area contributed by atoms with E-state index >= 15 is 0 Å². The van der Waals surface area contributed by atoms with E-state index in [1.807, 2.05) is 6.92 Å². The molecule has 0 amide bonds. The third-order valence-corrected chi connectivity index (χ3v) is 5.55. The molecule has 0 radical (unpaired) electrons. The van der Waals surface area contributed by atoms with Gasteiger partial charge in [0, 0.05) is 6.04 Å². The molecule has 1 aromatic rings. The smallest absolute Gasteiger partial charge is 0.310 e. The van der Waals surface area contributed by atoms with Gasteiger partial charge in [-0.1, -0.05) is 19.1 Å². The van der Waals surface area contributed by atoms with Crippen LogP contribution in [0.2, 0.25) is 0 Å². The van der Waals surface area contributed by atoms with Crippen LogP contribution in [-0.2, 0) is 16.0 Å². The first-order valence-electron chi connectivity index (χ1n) is 6.84. The number of halogens is 3. The van der Waals surface area contributed by atoms with E-state index in [1.165, 1.54) is 12.1 Å². The Morgan fingerprint density at radius 1 is 1.29 bits per heavy atom. The van der Waals surface area contributed by atoms with Crippen LogP contribution in [0.15, 0.2) is 24.3 Å². The molecular formula is C14H18F3NO2S. The number of rotatable bonds is 4. The molecule has 2 rings (SSSR count). The van der Waals surface area contributed by atoms with Gasteiger partial charge >= 0.3 is 6.18 Å². The number of sulfone groups is 1. The zero-order chi connectivity index (χ0) is 15.7. The maximum atomic E-state index is 12.6. The Hall–Kier alpha value is -1.08. The van der Waals surface area contributed by atoms with Crippen molar-refractivity contribution >= 4 is 9.84 Å². The molecule has 0 aromatic heterocycles. The fourth-order valence-corrected chi connectivity index (χ4v) is 4.58. The van der Waals surface area contributed by atoms with Crippen LogP contribution in [0.25, 0.3) is 0 Å². The lowest BCUT2D eigenvalue weighted by Gasteiger charge is -2.24. The van der Waals surface area contributed by atoms with Gasteiger partial charge in [0.1, 0.15) is 0 Å². The summed E-state index contributed by atoms with van der Waals surface area (Å²) in [4.78, 5) is 0. The Labute approximate surface area is 122 Å². The number of hydrogen-bond acceptors (Lipinski definition) is 3. The van der Waals surface area contributed by atoms with Crippen molar-refractivity contribution in [1.29, 1.82) is 0 Å². The minimum atomic E-state index is -4.36. The molecule has 118 valence electrons. The SMILES string of the molecule is CCNC(c1ccc(C(F)(F)F)cc1)C1CCS(=O)(=O)C1. The highest BCUT2D eigenvalue weighted by Gasteiger charge is 2.35. The molecule has 2 unspecified atom stereocenters. The fourth-order valence-electron chi connectivity index (χ4n) is 2.74. The Bertz CT molecular complexity index is 581. The van der Waals surface area contributed by atoms with Crippen LogP contribution in [0.4, 0.5) is 13.2 Å². The molecule has 2 atom stereocenters. The summed E-state index contributed by atoms with van der Waals surface area (Å²) >= 11 is 0. The predicted octanol–water partition coefficient (Wildman–Crippen LogP) is 2.79. The molecular weight excluding hydrogens is 303 g/mol. The Kier molecular flexibility index (Phi) is 4.63. The molecule has 7 heteroatoms. The van der Waals surface area contributed by atoms with E-state index in [2.05, 4.69) is 5.32 Å². The van der Waals surface area contributed by atoms with Crippen molar-refractivity contribution < 1.29 is 21.6 Å². The van der Waals surface area contributed by atoms with Crippen LogP contribution >= 0.6 is 0 Å². The molecule has 1 heterocycles. The first-order valence-corrected chi connectivity index (χ1v) is 8.66. The van der Waals surface area contributed by atoms with Crippen molar-refractivity contribution in [1.82, 2.24) is 5.32 Å². The highest BCUT2D eigenvalue weighted by molar-refractivity contribution is 7.91. The lowest BCUT2D eigenvalue weighted by molar-refractivity contribution is -0.137. The summed E-state index contributed by atoms with van der Waals surface area (Å²) in [5, 5.41) is 3.19. The summed E-state index contributed by atoms with van der Waals surface area (Å²) in [5.74, 6) is 0.151. The van der Waals surface area contributed by atoms with Gasteiger partial charge in [0.2, 0.25) is 0 Å². The second kappa shape index (κ2) is 5.96. The molecule has 1 N–H and O–H groups in total. The molecule has 3 nitrogen and oxygen atoms in total. The van der Waals surface area contributed by atoms with Crippen molar-refractivity contribution in [2.75, 3.05) is 18.1 Å². The molecule has 1 saturated heterocycles. The van der Waals surface area contributed by atoms with Crippen LogP contribution in [0, 0.1) is 5.92 Å². The Morgan fingerprint density at radius 2 is 1.90 bits per heavy atom. The van der Waals surface area contributed by atoms with Gasteiger partial charge in [0.25, 0.3) is 0 Å². The van der Waals surface area contributed by atoms with Crippen molar-refractivity contribution in [3.8, 4) is 0 Å². The van der Waals surface area contributed by atoms with Gasteiger partial charge in [-0.15, -0.1) is 0 Å². The standard InChI is InChI=1S/C14H18F3NO2S/c1-2-18-13(11-7-8-21(19,20)9-11)10-3-5-12(6-4-10)14(15,16)17/h3-6,11,13,18H,2,7-9H2,1H3. The zero-order valence-corrected chi connectivity index (χ0v) is 12.5. The number of hydrogen-bond donors (Lipinski definition) is 1. The average Bonchev–Trinajstić information content (AvgIpc) is 2.75. The number of alkyl halides is 3. The van der Waals surface area contributed by atoms with E-state index in [0.29, 0.717) is 18.5 Å². The minimum absolute atomic E-state index is 0.0890. The topological polar surface area (TPSA) is 46.2 Å². The van der Waals surface area contributed by atoms with Crippen molar-refractivity contribution in [2.24, 2.45) is 5.92 Å². The monoisotopic (exact) mass is 321 g/mol.